The van der Waals surface area contributed by atoms with Crippen molar-refractivity contribution < 1.29 is 32.9 Å². The van der Waals surface area contributed by atoms with Gasteiger partial charge in [-0.1, -0.05) is 38.8 Å². The lowest BCUT2D eigenvalue weighted by Gasteiger charge is -2.31. The van der Waals surface area contributed by atoms with Gasteiger partial charge in [-0.15, -0.1) is 0 Å². The lowest BCUT2D eigenvalue weighted by molar-refractivity contribution is -0.219. The highest BCUT2D eigenvalue weighted by Crippen LogP contribution is 2.49. The lowest BCUT2D eigenvalue weighted by Crippen LogP contribution is -2.36. The number of rotatable bonds is 11. The topological polar surface area (TPSA) is 66.8 Å². The summed E-state index contributed by atoms with van der Waals surface area (Å²) in [6.07, 6.45) is 3.57. The smallest absolute Gasteiger partial charge is 0.394 e. The van der Waals surface area contributed by atoms with E-state index in [9.17, 15) is 23.1 Å². The van der Waals surface area contributed by atoms with Gasteiger partial charge in [0.2, 0.25) is 0 Å². The number of fused-ring (bicyclic) bond motifs is 1. The predicted octanol–water partition coefficient (Wildman–Crippen LogP) is 6.25. The first-order chi connectivity index (χ1) is 13.9. The summed E-state index contributed by atoms with van der Waals surface area (Å²) in [6, 6.07) is 0. The Balaban J connectivity index is 1.94. The minimum absolute atomic E-state index is 0.00621. The molecule has 1 aliphatic carbocycles. The molecule has 4 unspecified atom stereocenters. The number of allylic oxidation sites excluding steroid dienone is 2. The quantitative estimate of drug-likeness (QED) is 0.183. The fraction of sp³-hybridized carbons (Fsp3) is 0.864. The highest BCUT2D eigenvalue weighted by atomic mass is 127. The van der Waals surface area contributed by atoms with Crippen LogP contribution < -0.4 is 0 Å². The molecule has 0 aromatic heterocycles. The van der Waals surface area contributed by atoms with Crippen molar-refractivity contribution in [1.29, 1.82) is 0 Å². The Hall–Kier alpha value is -0.350. The van der Waals surface area contributed by atoms with E-state index in [4.69, 9.17) is 9.84 Å². The van der Waals surface area contributed by atoms with Crippen LogP contribution in [0.4, 0.5) is 13.2 Å². The number of carboxylic acids is 1. The summed E-state index contributed by atoms with van der Waals surface area (Å²) < 4.78 is 45.6. The summed E-state index contributed by atoms with van der Waals surface area (Å²) in [5, 5.41) is 19.5. The monoisotopic (exact) mass is 546 g/mol. The Morgan fingerprint density at radius 2 is 1.93 bits per heavy atom. The molecule has 1 saturated heterocycles. The van der Waals surface area contributed by atoms with Crippen LogP contribution in [0.2, 0.25) is 0 Å². The van der Waals surface area contributed by atoms with Crippen molar-refractivity contribution >= 4 is 28.6 Å². The fourth-order valence-corrected chi connectivity index (χ4v) is 5.45. The predicted molar refractivity (Wildman–Crippen MR) is 117 cm³/mol. The molecule has 1 aliphatic heterocycles. The van der Waals surface area contributed by atoms with E-state index in [2.05, 4.69) is 0 Å². The van der Waals surface area contributed by atoms with Crippen molar-refractivity contribution in [2.24, 2.45) is 17.3 Å². The third-order valence-electron chi connectivity index (χ3n) is 6.77. The number of hydrogen-bond acceptors (Lipinski definition) is 3. The molecule has 1 heterocycles. The molecular formula is C22H34F3IO4. The Morgan fingerprint density at radius 3 is 2.53 bits per heavy atom. The number of unbranched alkanes of at least 4 members (excludes halogenated alkanes) is 1. The molecule has 4 nitrogen and oxygen atoms in total. The molecule has 174 valence electrons. The van der Waals surface area contributed by atoms with E-state index in [0.717, 1.165) is 19.3 Å². The third kappa shape index (κ3) is 6.58. The van der Waals surface area contributed by atoms with Crippen LogP contribution in [0.1, 0.15) is 78.1 Å². The maximum Gasteiger partial charge on any atom is 0.394 e. The summed E-state index contributed by atoms with van der Waals surface area (Å²) in [5.74, 6) is -0.531. The SMILES string of the molecule is CCCCC(C)(C/C=C/[C@H]1CCC2OC(C(O)(I)CCCC(=O)O)C[C@@H]21)C(F)(F)F. The Bertz CT molecular complexity index is 608. The minimum atomic E-state index is -4.22. The van der Waals surface area contributed by atoms with Crippen LogP contribution in [0, 0.1) is 17.3 Å². The summed E-state index contributed by atoms with van der Waals surface area (Å²) in [4.78, 5) is 10.7. The summed E-state index contributed by atoms with van der Waals surface area (Å²) in [7, 11) is 0. The van der Waals surface area contributed by atoms with E-state index in [1.165, 1.54) is 6.92 Å². The van der Waals surface area contributed by atoms with Gasteiger partial charge < -0.3 is 14.9 Å². The van der Waals surface area contributed by atoms with Crippen LogP contribution in [0.3, 0.4) is 0 Å². The molecule has 0 amide bonds. The van der Waals surface area contributed by atoms with Crippen LogP contribution in [-0.2, 0) is 9.53 Å². The van der Waals surface area contributed by atoms with E-state index < -0.39 is 21.2 Å². The number of ether oxygens (including phenoxy) is 1. The maximum absolute atomic E-state index is 13.6. The minimum Gasteiger partial charge on any atom is -0.481 e. The Labute approximate surface area is 190 Å². The summed E-state index contributed by atoms with van der Waals surface area (Å²) in [6.45, 7) is 3.21. The van der Waals surface area contributed by atoms with Crippen molar-refractivity contribution in [1.82, 2.24) is 0 Å². The van der Waals surface area contributed by atoms with Gasteiger partial charge in [0.25, 0.3) is 0 Å². The van der Waals surface area contributed by atoms with E-state index in [0.29, 0.717) is 25.7 Å². The van der Waals surface area contributed by atoms with Gasteiger partial charge in [0, 0.05) is 6.42 Å². The van der Waals surface area contributed by atoms with E-state index in [-0.39, 0.29) is 43.3 Å². The van der Waals surface area contributed by atoms with Gasteiger partial charge >= 0.3 is 12.1 Å². The molecular weight excluding hydrogens is 512 g/mol. The standard InChI is InChI=1S/C22H34F3IO4/c1-3-4-11-20(2,22(23,24)25)12-5-7-15-9-10-17-16(15)14-18(30-17)21(26,29)13-6-8-19(27)28/h5,7,15-18,29H,3-4,6,8-14H2,1-2H3,(H,27,28)/b7-5+/t15-,16+,17?,18?,20?,21?/m0/s1. The normalized spacial score (nSPS) is 30.9. The molecule has 2 aliphatic rings. The van der Waals surface area contributed by atoms with E-state index >= 15 is 0 Å². The van der Waals surface area contributed by atoms with Gasteiger partial charge in [-0.05, 0) is 79.4 Å². The maximum atomic E-state index is 13.6. The van der Waals surface area contributed by atoms with Crippen molar-refractivity contribution in [3.05, 3.63) is 12.2 Å². The number of halogens is 4. The molecule has 2 N–H and O–H groups in total. The first kappa shape index (κ1) is 25.9. The van der Waals surface area contributed by atoms with Crippen molar-refractivity contribution in [3.63, 3.8) is 0 Å². The number of carbonyl (C=O) groups is 1. The van der Waals surface area contributed by atoms with Crippen LogP contribution in [-0.4, -0.2) is 38.2 Å². The van der Waals surface area contributed by atoms with E-state index in [1.54, 1.807) is 6.08 Å². The molecule has 0 aromatic rings. The highest BCUT2D eigenvalue weighted by Gasteiger charge is 2.51. The molecule has 0 bridgehead atoms. The van der Waals surface area contributed by atoms with Crippen molar-refractivity contribution in [3.8, 4) is 0 Å². The number of carboxylic acid groups (broad SMARTS) is 1. The molecule has 0 radical (unpaired) electrons. The summed E-state index contributed by atoms with van der Waals surface area (Å²) >= 11 is 1.95. The molecule has 2 rings (SSSR count). The average molecular weight is 546 g/mol. The first-order valence-corrected chi connectivity index (χ1v) is 12.0. The third-order valence-corrected chi connectivity index (χ3v) is 8.00. The van der Waals surface area contributed by atoms with E-state index in [1.807, 2.05) is 35.6 Å². The zero-order valence-electron chi connectivity index (χ0n) is 17.8. The second-order valence-corrected chi connectivity index (χ2v) is 11.0. The largest absolute Gasteiger partial charge is 0.481 e. The van der Waals surface area contributed by atoms with Gasteiger partial charge in [-0.25, -0.2) is 0 Å². The van der Waals surface area contributed by atoms with Gasteiger partial charge in [-0.3, -0.25) is 4.79 Å². The molecule has 0 aromatic carbocycles. The molecule has 2 fully saturated rings. The number of alkyl halides is 4. The molecule has 6 atom stereocenters. The average Bonchev–Trinajstić information content (AvgIpc) is 3.21. The zero-order chi connectivity index (χ0) is 22.6. The number of aliphatic hydroxyl groups is 1. The Kier molecular flexibility index (Phi) is 9.08. The molecule has 0 spiro atoms. The Morgan fingerprint density at radius 1 is 1.23 bits per heavy atom. The van der Waals surface area contributed by atoms with Crippen LogP contribution in [0.25, 0.3) is 0 Å². The van der Waals surface area contributed by atoms with Crippen LogP contribution in [0.15, 0.2) is 12.2 Å². The highest BCUT2D eigenvalue weighted by molar-refractivity contribution is 14.1. The van der Waals surface area contributed by atoms with Crippen LogP contribution in [0.5, 0.6) is 0 Å². The second kappa shape index (κ2) is 10.5. The van der Waals surface area contributed by atoms with Crippen molar-refractivity contribution in [2.45, 2.75) is 100 Å². The van der Waals surface area contributed by atoms with Gasteiger partial charge in [0.1, 0.15) is 3.61 Å². The summed E-state index contributed by atoms with van der Waals surface area (Å²) in [5.41, 5.74) is -1.70. The number of aliphatic carboxylic acids is 1. The second-order valence-electron chi connectivity index (χ2n) is 9.16. The van der Waals surface area contributed by atoms with Crippen LogP contribution >= 0.6 is 22.6 Å². The van der Waals surface area contributed by atoms with Crippen molar-refractivity contribution in [2.75, 3.05) is 0 Å². The van der Waals surface area contributed by atoms with Gasteiger partial charge in [0.05, 0.1) is 17.6 Å². The number of hydrogen-bond donors (Lipinski definition) is 2. The van der Waals surface area contributed by atoms with Gasteiger partial charge in [0.15, 0.2) is 0 Å². The fourth-order valence-electron chi connectivity index (χ4n) is 4.67. The molecule has 1 saturated carbocycles. The van der Waals surface area contributed by atoms with Gasteiger partial charge in [-0.2, -0.15) is 13.2 Å². The molecule has 30 heavy (non-hydrogen) atoms. The zero-order valence-corrected chi connectivity index (χ0v) is 19.9. The lowest BCUT2D eigenvalue weighted by atomic mass is 9.80. The molecule has 8 heteroatoms. The first-order valence-electron chi connectivity index (χ1n) is 10.9.